The van der Waals surface area contributed by atoms with Gasteiger partial charge in [-0.15, -0.1) is 11.8 Å². The van der Waals surface area contributed by atoms with E-state index in [4.69, 9.17) is 14.2 Å². The van der Waals surface area contributed by atoms with Gasteiger partial charge in [-0.25, -0.2) is 0 Å². The summed E-state index contributed by atoms with van der Waals surface area (Å²) in [5.41, 5.74) is 1.10. The van der Waals surface area contributed by atoms with Gasteiger partial charge in [0.05, 0.1) is 26.7 Å². The first-order chi connectivity index (χ1) is 8.30. The summed E-state index contributed by atoms with van der Waals surface area (Å²) in [6.45, 7) is 1.02. The van der Waals surface area contributed by atoms with Crippen molar-refractivity contribution in [3.05, 3.63) is 17.7 Å². The van der Waals surface area contributed by atoms with Gasteiger partial charge >= 0.3 is 0 Å². The van der Waals surface area contributed by atoms with Crippen molar-refractivity contribution < 1.29 is 14.2 Å². The van der Waals surface area contributed by atoms with Crippen molar-refractivity contribution in [2.75, 3.05) is 33.6 Å². The summed E-state index contributed by atoms with van der Waals surface area (Å²) in [7, 11) is 4.94. The fourth-order valence-electron chi connectivity index (χ4n) is 1.88. The number of methoxy groups -OCH3 is 3. The average Bonchev–Trinajstić information content (AvgIpc) is 2.90. The molecule has 1 N–H and O–H groups in total. The van der Waals surface area contributed by atoms with E-state index >= 15 is 0 Å². The first kappa shape index (κ1) is 12.4. The first-order valence-electron chi connectivity index (χ1n) is 5.45. The van der Waals surface area contributed by atoms with Gasteiger partial charge in [0.25, 0.3) is 0 Å². The molecule has 1 saturated heterocycles. The van der Waals surface area contributed by atoms with Crippen molar-refractivity contribution in [3.63, 3.8) is 0 Å². The van der Waals surface area contributed by atoms with Gasteiger partial charge in [0, 0.05) is 23.9 Å². The maximum atomic E-state index is 5.41. The molecule has 1 aromatic rings. The van der Waals surface area contributed by atoms with E-state index in [2.05, 4.69) is 5.32 Å². The highest BCUT2D eigenvalue weighted by Crippen LogP contribution is 2.41. The summed E-state index contributed by atoms with van der Waals surface area (Å²) >= 11 is 1.87. The van der Waals surface area contributed by atoms with Crippen molar-refractivity contribution in [3.8, 4) is 17.2 Å². The molecule has 0 amide bonds. The minimum absolute atomic E-state index is 0.268. The van der Waals surface area contributed by atoms with Crippen LogP contribution < -0.4 is 19.5 Å². The number of benzene rings is 1. The summed E-state index contributed by atoms with van der Waals surface area (Å²) in [5, 5.41) is 3.69. The molecule has 0 saturated carbocycles. The smallest absolute Gasteiger partial charge is 0.164 e. The quantitative estimate of drug-likeness (QED) is 0.891. The van der Waals surface area contributed by atoms with E-state index in [9.17, 15) is 0 Å². The number of nitrogens with one attached hydrogen (secondary N) is 1. The predicted molar refractivity (Wildman–Crippen MR) is 69.3 cm³/mol. The Hall–Kier alpha value is -1.07. The second-order valence-corrected chi connectivity index (χ2v) is 4.87. The Balaban J connectivity index is 2.41. The Bertz CT molecular complexity index is 392. The molecule has 2 rings (SSSR count). The molecule has 1 unspecified atom stereocenters. The van der Waals surface area contributed by atoms with Gasteiger partial charge in [0.2, 0.25) is 0 Å². The zero-order valence-corrected chi connectivity index (χ0v) is 11.1. The normalized spacial score (nSPS) is 19.1. The van der Waals surface area contributed by atoms with Crippen LogP contribution in [-0.2, 0) is 0 Å². The maximum Gasteiger partial charge on any atom is 0.164 e. The molecule has 1 fully saturated rings. The molecule has 0 aromatic heterocycles. The Kier molecular flexibility index (Phi) is 4.02. The minimum atomic E-state index is 0.268. The fourth-order valence-corrected chi connectivity index (χ4v) is 2.95. The van der Waals surface area contributed by atoms with Gasteiger partial charge in [-0.3, -0.25) is 0 Å². The Morgan fingerprint density at radius 1 is 1.06 bits per heavy atom. The summed E-state index contributed by atoms with van der Waals surface area (Å²) in [6.07, 6.45) is 0. The van der Waals surface area contributed by atoms with Crippen molar-refractivity contribution >= 4 is 11.8 Å². The Morgan fingerprint density at radius 3 is 2.24 bits per heavy atom. The third kappa shape index (κ3) is 2.45. The van der Waals surface area contributed by atoms with Crippen molar-refractivity contribution in [1.29, 1.82) is 0 Å². The third-order valence-corrected chi connectivity index (χ3v) is 3.93. The second kappa shape index (κ2) is 5.51. The summed E-state index contributed by atoms with van der Waals surface area (Å²) in [4.78, 5) is 0. The van der Waals surface area contributed by atoms with E-state index in [-0.39, 0.29) is 5.37 Å². The van der Waals surface area contributed by atoms with Crippen LogP contribution in [0.25, 0.3) is 0 Å². The molecule has 0 aliphatic carbocycles. The van der Waals surface area contributed by atoms with Crippen LogP contribution in [0.3, 0.4) is 0 Å². The zero-order chi connectivity index (χ0) is 12.3. The lowest BCUT2D eigenvalue weighted by Crippen LogP contribution is -2.13. The van der Waals surface area contributed by atoms with Crippen LogP contribution >= 0.6 is 11.8 Å². The third-order valence-electron chi connectivity index (χ3n) is 2.73. The van der Waals surface area contributed by atoms with Crippen molar-refractivity contribution in [2.45, 2.75) is 5.37 Å². The molecule has 0 radical (unpaired) electrons. The lowest BCUT2D eigenvalue weighted by atomic mass is 10.1. The molecule has 1 atom stereocenters. The molecule has 94 valence electrons. The minimum Gasteiger partial charge on any atom is -0.496 e. The van der Waals surface area contributed by atoms with E-state index in [1.807, 2.05) is 23.9 Å². The molecule has 17 heavy (non-hydrogen) atoms. The standard InChI is InChI=1S/C12H17NO3S/c1-14-9-7-11(16-3)10(15-2)6-8(9)12-13-4-5-17-12/h6-7,12-13H,4-5H2,1-3H3. The highest BCUT2D eigenvalue weighted by Gasteiger charge is 2.22. The predicted octanol–water partition coefficient (Wildman–Crippen LogP) is 2.05. The number of hydrogen-bond acceptors (Lipinski definition) is 5. The SMILES string of the molecule is COc1cc(OC)c(C2NCCS2)cc1OC. The average molecular weight is 255 g/mol. The van der Waals surface area contributed by atoms with Gasteiger partial charge in [-0.05, 0) is 6.07 Å². The van der Waals surface area contributed by atoms with Crippen molar-refractivity contribution in [2.24, 2.45) is 0 Å². The van der Waals surface area contributed by atoms with E-state index < -0.39 is 0 Å². The number of rotatable bonds is 4. The van der Waals surface area contributed by atoms with E-state index in [1.54, 1.807) is 21.3 Å². The lowest BCUT2D eigenvalue weighted by molar-refractivity contribution is 0.347. The molecule has 4 nitrogen and oxygen atoms in total. The highest BCUT2D eigenvalue weighted by molar-refractivity contribution is 7.99. The highest BCUT2D eigenvalue weighted by atomic mass is 32.2. The van der Waals surface area contributed by atoms with Crippen LogP contribution in [-0.4, -0.2) is 33.6 Å². The molecule has 5 heteroatoms. The van der Waals surface area contributed by atoms with Crippen LogP contribution in [0, 0.1) is 0 Å². The largest absolute Gasteiger partial charge is 0.496 e. The number of ether oxygens (including phenoxy) is 3. The Labute approximate surface area is 106 Å². The van der Waals surface area contributed by atoms with E-state index in [1.165, 1.54) is 0 Å². The Morgan fingerprint density at radius 2 is 1.71 bits per heavy atom. The molecular formula is C12H17NO3S. The maximum absolute atomic E-state index is 5.41. The van der Waals surface area contributed by atoms with Gasteiger partial charge in [0.1, 0.15) is 5.75 Å². The molecule has 0 bridgehead atoms. The van der Waals surface area contributed by atoms with Gasteiger partial charge < -0.3 is 19.5 Å². The summed E-state index contributed by atoms with van der Waals surface area (Å²) < 4.78 is 16.0. The molecule has 1 aromatic carbocycles. The second-order valence-electron chi connectivity index (χ2n) is 3.65. The van der Waals surface area contributed by atoms with Crippen molar-refractivity contribution in [1.82, 2.24) is 5.32 Å². The van der Waals surface area contributed by atoms with Crippen LogP contribution in [0.5, 0.6) is 17.2 Å². The molecule has 0 spiro atoms. The molecule has 1 heterocycles. The van der Waals surface area contributed by atoms with E-state index in [0.717, 1.165) is 29.4 Å². The van der Waals surface area contributed by atoms with Crippen LogP contribution in [0.1, 0.15) is 10.9 Å². The van der Waals surface area contributed by atoms with Crippen LogP contribution in [0.15, 0.2) is 12.1 Å². The summed E-state index contributed by atoms with van der Waals surface area (Å²) in [6, 6.07) is 3.85. The molecule has 1 aliphatic heterocycles. The van der Waals surface area contributed by atoms with Gasteiger partial charge in [0.15, 0.2) is 11.5 Å². The number of thioether (sulfide) groups is 1. The zero-order valence-electron chi connectivity index (χ0n) is 10.3. The van der Waals surface area contributed by atoms with Crippen LogP contribution in [0.2, 0.25) is 0 Å². The fraction of sp³-hybridized carbons (Fsp3) is 0.500. The van der Waals surface area contributed by atoms with Gasteiger partial charge in [-0.1, -0.05) is 0 Å². The van der Waals surface area contributed by atoms with Gasteiger partial charge in [-0.2, -0.15) is 0 Å². The molecular weight excluding hydrogens is 238 g/mol. The first-order valence-corrected chi connectivity index (χ1v) is 6.50. The van der Waals surface area contributed by atoms with Crippen LogP contribution in [0.4, 0.5) is 0 Å². The monoisotopic (exact) mass is 255 g/mol. The lowest BCUT2D eigenvalue weighted by Gasteiger charge is -2.17. The topological polar surface area (TPSA) is 39.7 Å². The molecule has 1 aliphatic rings. The van der Waals surface area contributed by atoms with E-state index in [0.29, 0.717) is 5.75 Å². The number of hydrogen-bond donors (Lipinski definition) is 1. The summed E-state index contributed by atoms with van der Waals surface area (Å²) in [5.74, 6) is 3.37.